The van der Waals surface area contributed by atoms with E-state index in [4.69, 9.17) is 0 Å². The van der Waals surface area contributed by atoms with Gasteiger partial charge in [-0.05, 0) is 61.2 Å². The number of piperidine rings is 1. The molecule has 22 heavy (non-hydrogen) atoms. The standard InChI is InChI=1S/C18H20FN3/c19-16-6-8-17(9-7-16)21-20-14-15-4-10-18(11-5-15)22-12-2-1-3-13-22/h4-11,14,21H,1-3,12-13H2. The van der Waals surface area contributed by atoms with Gasteiger partial charge in [0.15, 0.2) is 0 Å². The summed E-state index contributed by atoms with van der Waals surface area (Å²) in [7, 11) is 0. The lowest BCUT2D eigenvalue weighted by Gasteiger charge is -2.28. The van der Waals surface area contributed by atoms with E-state index in [1.165, 1.54) is 37.1 Å². The Hall–Kier alpha value is -2.36. The van der Waals surface area contributed by atoms with Crippen molar-refractivity contribution in [2.45, 2.75) is 19.3 Å². The Morgan fingerprint density at radius 1 is 0.909 bits per heavy atom. The third kappa shape index (κ3) is 3.85. The SMILES string of the molecule is Fc1ccc(NN=Cc2ccc(N3CCCCC3)cc2)cc1. The molecule has 1 heterocycles. The van der Waals surface area contributed by atoms with E-state index in [9.17, 15) is 4.39 Å². The second-order valence-corrected chi connectivity index (χ2v) is 5.52. The van der Waals surface area contributed by atoms with Crippen LogP contribution in [-0.4, -0.2) is 19.3 Å². The van der Waals surface area contributed by atoms with Crippen LogP contribution in [0.3, 0.4) is 0 Å². The zero-order valence-electron chi connectivity index (χ0n) is 12.5. The van der Waals surface area contributed by atoms with Gasteiger partial charge in [0.1, 0.15) is 5.82 Å². The van der Waals surface area contributed by atoms with E-state index in [1.54, 1.807) is 18.3 Å². The van der Waals surface area contributed by atoms with Crippen LogP contribution in [0.1, 0.15) is 24.8 Å². The molecule has 2 aromatic carbocycles. The lowest BCUT2D eigenvalue weighted by Crippen LogP contribution is -2.29. The van der Waals surface area contributed by atoms with Crippen LogP contribution >= 0.6 is 0 Å². The molecule has 0 unspecified atom stereocenters. The number of hydrogen-bond acceptors (Lipinski definition) is 3. The number of halogens is 1. The number of hydrogen-bond donors (Lipinski definition) is 1. The summed E-state index contributed by atoms with van der Waals surface area (Å²) in [5.74, 6) is -0.247. The summed E-state index contributed by atoms with van der Waals surface area (Å²) >= 11 is 0. The maximum absolute atomic E-state index is 12.8. The Labute approximate surface area is 130 Å². The Kier molecular flexibility index (Phi) is 4.68. The third-order valence-corrected chi connectivity index (χ3v) is 3.87. The minimum atomic E-state index is -0.247. The molecule has 1 N–H and O–H groups in total. The summed E-state index contributed by atoms with van der Waals surface area (Å²) in [5, 5.41) is 4.17. The van der Waals surface area contributed by atoms with Crippen molar-refractivity contribution in [3.05, 3.63) is 59.9 Å². The predicted molar refractivity (Wildman–Crippen MR) is 90.1 cm³/mol. The summed E-state index contributed by atoms with van der Waals surface area (Å²) in [6, 6.07) is 14.6. The Morgan fingerprint density at radius 2 is 1.59 bits per heavy atom. The molecule has 0 spiro atoms. The van der Waals surface area contributed by atoms with Crippen molar-refractivity contribution in [3.8, 4) is 0 Å². The first kappa shape index (κ1) is 14.6. The molecule has 0 atom stereocenters. The van der Waals surface area contributed by atoms with Gasteiger partial charge >= 0.3 is 0 Å². The Balaban J connectivity index is 1.58. The number of rotatable bonds is 4. The van der Waals surface area contributed by atoms with E-state index in [2.05, 4.69) is 39.7 Å². The highest BCUT2D eigenvalue weighted by Gasteiger charge is 2.09. The summed E-state index contributed by atoms with van der Waals surface area (Å²) in [5.41, 5.74) is 5.98. The van der Waals surface area contributed by atoms with Gasteiger partial charge in [-0.15, -0.1) is 0 Å². The Morgan fingerprint density at radius 3 is 2.27 bits per heavy atom. The first-order valence-corrected chi connectivity index (χ1v) is 7.71. The molecule has 0 radical (unpaired) electrons. The normalized spacial score (nSPS) is 15.2. The summed E-state index contributed by atoms with van der Waals surface area (Å²) in [6.07, 6.45) is 5.68. The molecule has 3 nitrogen and oxygen atoms in total. The number of nitrogens with one attached hydrogen (secondary N) is 1. The van der Waals surface area contributed by atoms with Crippen molar-refractivity contribution < 1.29 is 4.39 Å². The second-order valence-electron chi connectivity index (χ2n) is 5.52. The minimum absolute atomic E-state index is 0.247. The molecule has 3 rings (SSSR count). The molecule has 2 aromatic rings. The quantitative estimate of drug-likeness (QED) is 0.674. The van der Waals surface area contributed by atoms with Gasteiger partial charge in [0.25, 0.3) is 0 Å². The summed E-state index contributed by atoms with van der Waals surface area (Å²) < 4.78 is 12.8. The van der Waals surface area contributed by atoms with Crippen molar-refractivity contribution >= 4 is 17.6 Å². The van der Waals surface area contributed by atoms with Gasteiger partial charge < -0.3 is 4.90 Å². The van der Waals surface area contributed by atoms with Crippen LogP contribution in [0.5, 0.6) is 0 Å². The molecule has 1 fully saturated rings. The molecular weight excluding hydrogens is 277 g/mol. The van der Waals surface area contributed by atoms with Crippen molar-refractivity contribution in [3.63, 3.8) is 0 Å². The molecular formula is C18H20FN3. The van der Waals surface area contributed by atoms with Gasteiger partial charge in [0.05, 0.1) is 11.9 Å². The van der Waals surface area contributed by atoms with Crippen LogP contribution in [0, 0.1) is 5.82 Å². The highest BCUT2D eigenvalue weighted by atomic mass is 19.1. The topological polar surface area (TPSA) is 27.6 Å². The second kappa shape index (κ2) is 7.07. The molecule has 0 saturated carbocycles. The highest BCUT2D eigenvalue weighted by Crippen LogP contribution is 2.19. The average molecular weight is 297 g/mol. The van der Waals surface area contributed by atoms with Gasteiger partial charge in [-0.1, -0.05) is 12.1 Å². The van der Waals surface area contributed by atoms with Crippen LogP contribution < -0.4 is 10.3 Å². The molecule has 1 aliphatic rings. The first-order chi connectivity index (χ1) is 10.8. The van der Waals surface area contributed by atoms with E-state index in [1.807, 2.05) is 0 Å². The largest absolute Gasteiger partial charge is 0.372 e. The van der Waals surface area contributed by atoms with E-state index in [0.29, 0.717) is 0 Å². The van der Waals surface area contributed by atoms with Crippen molar-refractivity contribution in [2.75, 3.05) is 23.4 Å². The van der Waals surface area contributed by atoms with E-state index < -0.39 is 0 Å². The number of anilines is 2. The highest BCUT2D eigenvalue weighted by molar-refractivity contribution is 5.81. The molecule has 0 bridgehead atoms. The number of nitrogens with zero attached hydrogens (tertiary/aromatic N) is 2. The molecule has 0 aromatic heterocycles. The zero-order valence-corrected chi connectivity index (χ0v) is 12.5. The molecule has 0 amide bonds. The van der Waals surface area contributed by atoms with Crippen LogP contribution in [0.2, 0.25) is 0 Å². The molecule has 1 saturated heterocycles. The van der Waals surface area contributed by atoms with Crippen LogP contribution in [0.25, 0.3) is 0 Å². The lowest BCUT2D eigenvalue weighted by molar-refractivity contribution is 0.578. The summed E-state index contributed by atoms with van der Waals surface area (Å²) in [6.45, 7) is 2.30. The van der Waals surface area contributed by atoms with E-state index in [0.717, 1.165) is 24.3 Å². The predicted octanol–water partition coefficient (Wildman–Crippen LogP) is 4.26. The Bertz CT molecular complexity index is 614. The van der Waals surface area contributed by atoms with Crippen molar-refractivity contribution in [2.24, 2.45) is 5.10 Å². The fourth-order valence-electron chi connectivity index (χ4n) is 2.63. The van der Waals surface area contributed by atoms with Crippen molar-refractivity contribution in [1.82, 2.24) is 0 Å². The van der Waals surface area contributed by atoms with E-state index >= 15 is 0 Å². The number of benzene rings is 2. The van der Waals surface area contributed by atoms with Gasteiger partial charge in [0.2, 0.25) is 0 Å². The first-order valence-electron chi connectivity index (χ1n) is 7.71. The fraction of sp³-hybridized carbons (Fsp3) is 0.278. The van der Waals surface area contributed by atoms with Crippen LogP contribution in [-0.2, 0) is 0 Å². The van der Waals surface area contributed by atoms with Crippen LogP contribution in [0.15, 0.2) is 53.6 Å². The van der Waals surface area contributed by atoms with Gasteiger partial charge in [0, 0.05) is 18.8 Å². The summed E-state index contributed by atoms with van der Waals surface area (Å²) in [4.78, 5) is 2.43. The smallest absolute Gasteiger partial charge is 0.123 e. The average Bonchev–Trinajstić information content (AvgIpc) is 2.58. The van der Waals surface area contributed by atoms with Gasteiger partial charge in [-0.2, -0.15) is 5.10 Å². The van der Waals surface area contributed by atoms with Crippen LogP contribution in [0.4, 0.5) is 15.8 Å². The van der Waals surface area contributed by atoms with E-state index in [-0.39, 0.29) is 5.82 Å². The fourth-order valence-corrected chi connectivity index (χ4v) is 2.63. The zero-order chi connectivity index (χ0) is 15.2. The molecule has 114 valence electrons. The third-order valence-electron chi connectivity index (χ3n) is 3.87. The lowest BCUT2D eigenvalue weighted by atomic mass is 10.1. The molecule has 4 heteroatoms. The maximum Gasteiger partial charge on any atom is 0.123 e. The minimum Gasteiger partial charge on any atom is -0.372 e. The van der Waals surface area contributed by atoms with Crippen molar-refractivity contribution in [1.29, 1.82) is 0 Å². The maximum atomic E-state index is 12.8. The molecule has 0 aliphatic carbocycles. The number of hydrazone groups is 1. The van der Waals surface area contributed by atoms with Gasteiger partial charge in [-0.25, -0.2) is 4.39 Å². The van der Waals surface area contributed by atoms with Gasteiger partial charge in [-0.3, -0.25) is 5.43 Å². The monoisotopic (exact) mass is 297 g/mol. The molecule has 1 aliphatic heterocycles.